The van der Waals surface area contributed by atoms with E-state index in [1.165, 1.54) is 29.4 Å². The average Bonchev–Trinajstić information content (AvgIpc) is 2.65. The van der Waals surface area contributed by atoms with Crippen molar-refractivity contribution < 1.29 is 9.53 Å². The number of esters is 1. The Hall–Kier alpha value is -2.09. The molecule has 0 radical (unpaired) electrons. The van der Waals surface area contributed by atoms with Crippen molar-refractivity contribution in [2.45, 2.75) is 25.2 Å². The lowest BCUT2D eigenvalue weighted by atomic mass is 9.86. The Labute approximate surface area is 119 Å². The molecule has 2 aromatic rings. The van der Waals surface area contributed by atoms with Crippen LogP contribution in [0.1, 0.15) is 34.6 Å². The summed E-state index contributed by atoms with van der Waals surface area (Å²) in [6.45, 7) is 0. The van der Waals surface area contributed by atoms with E-state index in [-0.39, 0.29) is 11.9 Å². The third kappa shape index (κ3) is 2.34. The first-order chi connectivity index (χ1) is 9.79. The van der Waals surface area contributed by atoms with Crippen LogP contribution in [0.2, 0.25) is 0 Å². The maximum absolute atomic E-state index is 11.8. The van der Waals surface area contributed by atoms with E-state index in [1.807, 2.05) is 0 Å². The van der Waals surface area contributed by atoms with Crippen LogP contribution in [-0.4, -0.2) is 13.1 Å². The van der Waals surface area contributed by atoms with Gasteiger partial charge in [0.2, 0.25) is 0 Å². The zero-order valence-electron chi connectivity index (χ0n) is 11.6. The average molecular weight is 266 g/mol. The predicted molar refractivity (Wildman–Crippen MR) is 78.8 cm³/mol. The second kappa shape index (κ2) is 5.49. The van der Waals surface area contributed by atoms with Crippen LogP contribution in [0, 0.1) is 0 Å². The van der Waals surface area contributed by atoms with Crippen molar-refractivity contribution >= 4 is 5.97 Å². The van der Waals surface area contributed by atoms with Gasteiger partial charge in [-0.3, -0.25) is 4.79 Å². The summed E-state index contributed by atoms with van der Waals surface area (Å²) in [5.41, 5.74) is 5.22. The number of carbonyl (C=O) groups is 1. The molecule has 0 unspecified atom stereocenters. The molecular weight excluding hydrogens is 248 g/mol. The Morgan fingerprint density at radius 3 is 2.00 bits per heavy atom. The molecule has 2 heteroatoms. The minimum absolute atomic E-state index is 0.109. The summed E-state index contributed by atoms with van der Waals surface area (Å²) in [6.07, 6.45) is 2.47. The van der Waals surface area contributed by atoms with Gasteiger partial charge in [-0.25, -0.2) is 0 Å². The highest BCUT2D eigenvalue weighted by Gasteiger charge is 2.25. The van der Waals surface area contributed by atoms with Crippen LogP contribution in [0.4, 0.5) is 0 Å². The van der Waals surface area contributed by atoms with Gasteiger partial charge in [0.15, 0.2) is 0 Å². The number of hydrogen-bond acceptors (Lipinski definition) is 2. The lowest BCUT2D eigenvalue weighted by Gasteiger charge is -2.19. The van der Waals surface area contributed by atoms with Crippen LogP contribution in [-0.2, 0) is 22.4 Å². The highest BCUT2D eigenvalue weighted by Crippen LogP contribution is 2.36. The number of ether oxygens (including phenoxy) is 1. The molecule has 1 aliphatic rings. The van der Waals surface area contributed by atoms with Gasteiger partial charge in [0.25, 0.3) is 0 Å². The van der Waals surface area contributed by atoms with E-state index in [9.17, 15) is 4.79 Å². The zero-order valence-corrected chi connectivity index (χ0v) is 11.6. The SMILES string of the molecule is COC(=O)CC1c2ccccc2CCc2ccccc21. The number of fused-ring (bicyclic) bond motifs is 2. The fraction of sp³-hybridized carbons (Fsp3) is 0.278. The molecular formula is C18H18O2. The van der Waals surface area contributed by atoms with Gasteiger partial charge in [-0.1, -0.05) is 48.5 Å². The number of aryl methyl sites for hydroxylation is 2. The summed E-state index contributed by atoms with van der Waals surface area (Å²) in [7, 11) is 1.46. The van der Waals surface area contributed by atoms with Crippen molar-refractivity contribution in [3.05, 3.63) is 70.8 Å². The van der Waals surface area contributed by atoms with E-state index in [4.69, 9.17) is 4.74 Å². The summed E-state index contributed by atoms with van der Waals surface area (Å²) >= 11 is 0. The van der Waals surface area contributed by atoms with Gasteiger partial charge in [0.1, 0.15) is 0 Å². The molecule has 2 aromatic carbocycles. The van der Waals surface area contributed by atoms with Crippen LogP contribution in [0.25, 0.3) is 0 Å². The Morgan fingerprint density at radius 2 is 1.50 bits per heavy atom. The Bertz CT molecular complexity index is 583. The molecule has 3 rings (SSSR count). The van der Waals surface area contributed by atoms with Crippen molar-refractivity contribution in [2.75, 3.05) is 7.11 Å². The lowest BCUT2D eigenvalue weighted by Crippen LogP contribution is -2.11. The van der Waals surface area contributed by atoms with Crippen molar-refractivity contribution in [3.8, 4) is 0 Å². The molecule has 0 aliphatic heterocycles. The molecule has 0 saturated carbocycles. The second-order valence-electron chi connectivity index (χ2n) is 5.23. The van der Waals surface area contributed by atoms with Crippen LogP contribution in [0.5, 0.6) is 0 Å². The first-order valence-electron chi connectivity index (χ1n) is 7.02. The largest absolute Gasteiger partial charge is 0.469 e. The third-order valence-corrected chi connectivity index (χ3v) is 4.12. The monoisotopic (exact) mass is 266 g/mol. The Kier molecular flexibility index (Phi) is 3.55. The van der Waals surface area contributed by atoms with Crippen molar-refractivity contribution in [3.63, 3.8) is 0 Å². The fourth-order valence-electron chi connectivity index (χ4n) is 3.11. The van der Waals surface area contributed by atoms with Crippen LogP contribution in [0.3, 0.4) is 0 Å². The number of rotatable bonds is 2. The fourth-order valence-corrected chi connectivity index (χ4v) is 3.11. The molecule has 2 nitrogen and oxygen atoms in total. The molecule has 0 N–H and O–H groups in total. The van der Waals surface area contributed by atoms with E-state index in [0.717, 1.165) is 12.8 Å². The molecule has 0 amide bonds. The maximum atomic E-state index is 11.8. The molecule has 0 bridgehead atoms. The standard InChI is InChI=1S/C18H18O2/c1-20-18(19)12-17-15-8-4-2-6-13(15)10-11-14-7-3-5-9-16(14)17/h2-9,17H,10-12H2,1H3. The van der Waals surface area contributed by atoms with Crippen LogP contribution < -0.4 is 0 Å². The zero-order chi connectivity index (χ0) is 13.9. The highest BCUT2D eigenvalue weighted by molar-refractivity contribution is 5.71. The number of carbonyl (C=O) groups excluding carboxylic acids is 1. The van der Waals surface area contributed by atoms with Gasteiger partial charge in [-0.05, 0) is 35.1 Å². The molecule has 1 aliphatic carbocycles. The summed E-state index contributed by atoms with van der Waals surface area (Å²) in [5.74, 6) is -0.0427. The summed E-state index contributed by atoms with van der Waals surface area (Å²) in [4.78, 5) is 11.8. The van der Waals surface area contributed by atoms with Crippen LogP contribution >= 0.6 is 0 Å². The molecule has 0 fully saturated rings. The first kappa shape index (κ1) is 12.9. The van der Waals surface area contributed by atoms with E-state index in [1.54, 1.807) is 0 Å². The maximum Gasteiger partial charge on any atom is 0.306 e. The smallest absolute Gasteiger partial charge is 0.306 e. The Balaban J connectivity index is 2.11. The Morgan fingerprint density at radius 1 is 1.00 bits per heavy atom. The molecule has 0 spiro atoms. The molecule has 20 heavy (non-hydrogen) atoms. The number of hydrogen-bond donors (Lipinski definition) is 0. The summed E-state index contributed by atoms with van der Waals surface area (Å²) in [6, 6.07) is 16.9. The normalized spacial score (nSPS) is 14.1. The molecule has 0 atom stereocenters. The first-order valence-corrected chi connectivity index (χ1v) is 7.02. The van der Waals surface area contributed by atoms with E-state index in [2.05, 4.69) is 48.5 Å². The summed E-state index contributed by atoms with van der Waals surface area (Å²) in [5, 5.41) is 0. The van der Waals surface area contributed by atoms with Gasteiger partial charge >= 0.3 is 5.97 Å². The van der Waals surface area contributed by atoms with Gasteiger partial charge in [-0.15, -0.1) is 0 Å². The summed E-state index contributed by atoms with van der Waals surface area (Å²) < 4.78 is 4.88. The number of methoxy groups -OCH3 is 1. The van der Waals surface area contributed by atoms with E-state index >= 15 is 0 Å². The molecule has 0 aromatic heterocycles. The molecule has 0 heterocycles. The topological polar surface area (TPSA) is 26.3 Å². The molecule has 0 saturated heterocycles. The minimum Gasteiger partial charge on any atom is -0.469 e. The molecule has 102 valence electrons. The quantitative estimate of drug-likeness (QED) is 0.778. The van der Waals surface area contributed by atoms with Gasteiger partial charge < -0.3 is 4.74 Å². The highest BCUT2D eigenvalue weighted by atomic mass is 16.5. The van der Waals surface area contributed by atoms with Crippen molar-refractivity contribution in [1.29, 1.82) is 0 Å². The van der Waals surface area contributed by atoms with Gasteiger partial charge in [-0.2, -0.15) is 0 Å². The predicted octanol–water partition coefficient (Wildman–Crippen LogP) is 3.48. The lowest BCUT2D eigenvalue weighted by molar-refractivity contribution is -0.140. The minimum atomic E-state index is -0.151. The van der Waals surface area contributed by atoms with Crippen molar-refractivity contribution in [1.82, 2.24) is 0 Å². The van der Waals surface area contributed by atoms with E-state index < -0.39 is 0 Å². The van der Waals surface area contributed by atoms with Gasteiger partial charge in [0, 0.05) is 5.92 Å². The van der Waals surface area contributed by atoms with Crippen molar-refractivity contribution in [2.24, 2.45) is 0 Å². The second-order valence-corrected chi connectivity index (χ2v) is 5.23. The number of benzene rings is 2. The van der Waals surface area contributed by atoms with E-state index in [0.29, 0.717) is 6.42 Å². The van der Waals surface area contributed by atoms with Gasteiger partial charge in [0.05, 0.1) is 13.5 Å². The third-order valence-electron chi connectivity index (χ3n) is 4.12. The van der Waals surface area contributed by atoms with Crippen LogP contribution in [0.15, 0.2) is 48.5 Å².